The average molecular weight is 512 g/mol. The SMILES string of the molecule is CCOc1cc(N2CCOCC2)c(OCC)cc1NC(=O)COC(=O)c1cc(Cl)cc(Cl)c1N. The molecule has 184 valence electrons. The predicted octanol–water partition coefficient (Wildman–Crippen LogP) is 4.01. The van der Waals surface area contributed by atoms with Crippen molar-refractivity contribution in [3.8, 4) is 11.5 Å². The Kier molecular flexibility index (Phi) is 9.09. The summed E-state index contributed by atoms with van der Waals surface area (Å²) in [5.74, 6) is -0.318. The molecule has 1 amide bonds. The number of nitrogens with two attached hydrogens (primary N) is 1. The number of hydrogen-bond acceptors (Lipinski definition) is 8. The van der Waals surface area contributed by atoms with Crippen LogP contribution in [0.5, 0.6) is 11.5 Å². The highest BCUT2D eigenvalue weighted by Gasteiger charge is 2.21. The molecule has 1 aliphatic rings. The Morgan fingerprint density at radius 3 is 2.41 bits per heavy atom. The number of ether oxygens (including phenoxy) is 4. The van der Waals surface area contributed by atoms with Crippen LogP contribution in [0.25, 0.3) is 0 Å². The van der Waals surface area contributed by atoms with Gasteiger partial charge in [-0.1, -0.05) is 23.2 Å². The summed E-state index contributed by atoms with van der Waals surface area (Å²) >= 11 is 11.9. The molecular formula is C23H27Cl2N3O6. The van der Waals surface area contributed by atoms with Crippen LogP contribution in [0, 0.1) is 0 Å². The van der Waals surface area contributed by atoms with Gasteiger partial charge >= 0.3 is 5.97 Å². The molecule has 2 aromatic rings. The Labute approximate surface area is 208 Å². The summed E-state index contributed by atoms with van der Waals surface area (Å²) in [6, 6.07) is 6.27. The van der Waals surface area contributed by atoms with E-state index >= 15 is 0 Å². The number of carbonyl (C=O) groups excluding carboxylic acids is 2. The van der Waals surface area contributed by atoms with Crippen LogP contribution in [-0.2, 0) is 14.3 Å². The Hall–Kier alpha value is -2.88. The molecule has 0 atom stereocenters. The summed E-state index contributed by atoms with van der Waals surface area (Å²) in [5, 5.41) is 3.06. The van der Waals surface area contributed by atoms with Crippen LogP contribution < -0.4 is 25.4 Å². The van der Waals surface area contributed by atoms with Gasteiger partial charge in [-0.05, 0) is 26.0 Å². The molecule has 1 fully saturated rings. The lowest BCUT2D eigenvalue weighted by atomic mass is 10.2. The first-order valence-electron chi connectivity index (χ1n) is 10.8. The van der Waals surface area contributed by atoms with Crippen molar-refractivity contribution in [3.05, 3.63) is 39.9 Å². The van der Waals surface area contributed by atoms with E-state index in [2.05, 4.69) is 10.2 Å². The number of morpholine rings is 1. The smallest absolute Gasteiger partial charge is 0.340 e. The third-order valence-corrected chi connectivity index (χ3v) is 5.47. The molecule has 11 heteroatoms. The first-order valence-corrected chi connectivity index (χ1v) is 11.6. The number of rotatable bonds is 9. The van der Waals surface area contributed by atoms with Crippen molar-refractivity contribution >= 4 is 52.1 Å². The maximum absolute atomic E-state index is 12.6. The summed E-state index contributed by atoms with van der Waals surface area (Å²) in [5.41, 5.74) is 7.08. The van der Waals surface area contributed by atoms with Gasteiger partial charge in [-0.3, -0.25) is 4.79 Å². The molecule has 0 bridgehead atoms. The summed E-state index contributed by atoms with van der Waals surface area (Å²) < 4.78 is 22.1. The fourth-order valence-corrected chi connectivity index (χ4v) is 3.89. The predicted molar refractivity (Wildman–Crippen MR) is 132 cm³/mol. The van der Waals surface area contributed by atoms with Crippen molar-refractivity contribution < 1.29 is 28.5 Å². The molecule has 9 nitrogen and oxygen atoms in total. The molecule has 0 unspecified atom stereocenters. The lowest BCUT2D eigenvalue weighted by molar-refractivity contribution is -0.119. The van der Waals surface area contributed by atoms with Gasteiger partial charge < -0.3 is 34.9 Å². The highest BCUT2D eigenvalue weighted by molar-refractivity contribution is 6.37. The van der Waals surface area contributed by atoms with Crippen molar-refractivity contribution in [3.63, 3.8) is 0 Å². The van der Waals surface area contributed by atoms with E-state index in [0.29, 0.717) is 56.7 Å². The summed E-state index contributed by atoms with van der Waals surface area (Å²) in [6.45, 7) is 6.66. The van der Waals surface area contributed by atoms with Crippen molar-refractivity contribution in [2.75, 3.05) is 62.1 Å². The van der Waals surface area contributed by atoms with E-state index in [0.717, 1.165) is 5.69 Å². The molecule has 0 aromatic heterocycles. The van der Waals surface area contributed by atoms with E-state index in [1.807, 2.05) is 19.9 Å². The summed E-state index contributed by atoms with van der Waals surface area (Å²) in [7, 11) is 0. The molecule has 0 aliphatic carbocycles. The number of hydrogen-bond donors (Lipinski definition) is 2. The van der Waals surface area contributed by atoms with Gasteiger partial charge in [0.2, 0.25) is 0 Å². The average Bonchev–Trinajstić information content (AvgIpc) is 2.82. The first-order chi connectivity index (χ1) is 16.3. The number of anilines is 3. The minimum absolute atomic E-state index is 0.0196. The maximum atomic E-state index is 12.6. The highest BCUT2D eigenvalue weighted by Crippen LogP contribution is 2.39. The fraction of sp³-hybridized carbons (Fsp3) is 0.391. The van der Waals surface area contributed by atoms with Crippen molar-refractivity contribution in [1.82, 2.24) is 0 Å². The second-order valence-electron chi connectivity index (χ2n) is 7.25. The molecule has 1 aliphatic heterocycles. The van der Waals surface area contributed by atoms with Crippen LogP contribution in [-0.4, -0.2) is 58.0 Å². The largest absolute Gasteiger partial charge is 0.492 e. The van der Waals surface area contributed by atoms with E-state index < -0.39 is 18.5 Å². The van der Waals surface area contributed by atoms with E-state index in [1.54, 1.807) is 6.07 Å². The number of esters is 1. The quantitative estimate of drug-likeness (QED) is 0.383. The van der Waals surface area contributed by atoms with E-state index in [1.165, 1.54) is 12.1 Å². The van der Waals surface area contributed by atoms with Crippen LogP contribution in [0.3, 0.4) is 0 Å². The summed E-state index contributed by atoms with van der Waals surface area (Å²) in [6.07, 6.45) is 0. The minimum Gasteiger partial charge on any atom is -0.492 e. The zero-order valence-corrected chi connectivity index (χ0v) is 20.5. The molecule has 0 radical (unpaired) electrons. The van der Waals surface area contributed by atoms with Crippen molar-refractivity contribution in [2.24, 2.45) is 0 Å². The first kappa shape index (κ1) is 25.7. The Balaban J connectivity index is 1.76. The molecule has 3 N–H and O–H groups in total. The normalized spacial score (nSPS) is 13.4. The van der Waals surface area contributed by atoms with Gasteiger partial charge in [0.25, 0.3) is 5.91 Å². The summed E-state index contributed by atoms with van der Waals surface area (Å²) in [4.78, 5) is 27.1. The third-order valence-electron chi connectivity index (χ3n) is 4.94. The number of carbonyl (C=O) groups is 2. The van der Waals surface area contributed by atoms with Crippen LogP contribution in [0.4, 0.5) is 17.1 Å². The van der Waals surface area contributed by atoms with Gasteiger partial charge in [0, 0.05) is 30.2 Å². The van der Waals surface area contributed by atoms with Gasteiger partial charge in [0.1, 0.15) is 11.5 Å². The van der Waals surface area contributed by atoms with Crippen molar-refractivity contribution in [2.45, 2.75) is 13.8 Å². The Morgan fingerprint density at radius 1 is 1.06 bits per heavy atom. The second kappa shape index (κ2) is 12.0. The van der Waals surface area contributed by atoms with E-state index in [-0.39, 0.29) is 21.3 Å². The monoisotopic (exact) mass is 511 g/mol. The van der Waals surface area contributed by atoms with Gasteiger partial charge in [0.15, 0.2) is 6.61 Å². The number of benzene rings is 2. The topological polar surface area (TPSA) is 112 Å². The molecule has 1 heterocycles. The zero-order chi connectivity index (χ0) is 24.7. The van der Waals surface area contributed by atoms with E-state index in [9.17, 15) is 9.59 Å². The zero-order valence-electron chi connectivity index (χ0n) is 19.0. The van der Waals surface area contributed by atoms with Crippen LogP contribution in [0.1, 0.15) is 24.2 Å². The second-order valence-corrected chi connectivity index (χ2v) is 8.10. The molecule has 0 spiro atoms. The van der Waals surface area contributed by atoms with Crippen LogP contribution in [0.15, 0.2) is 24.3 Å². The van der Waals surface area contributed by atoms with Crippen molar-refractivity contribution in [1.29, 1.82) is 0 Å². The van der Waals surface area contributed by atoms with Gasteiger partial charge in [-0.2, -0.15) is 0 Å². The number of nitrogens with one attached hydrogen (secondary N) is 1. The van der Waals surface area contributed by atoms with Crippen LogP contribution >= 0.6 is 23.2 Å². The molecule has 2 aromatic carbocycles. The molecule has 1 saturated heterocycles. The van der Waals surface area contributed by atoms with Crippen LogP contribution in [0.2, 0.25) is 10.0 Å². The number of nitrogen functional groups attached to an aromatic ring is 1. The minimum atomic E-state index is -0.820. The molecule has 34 heavy (non-hydrogen) atoms. The number of halogens is 2. The van der Waals surface area contributed by atoms with Gasteiger partial charge in [-0.25, -0.2) is 4.79 Å². The highest BCUT2D eigenvalue weighted by atomic mass is 35.5. The maximum Gasteiger partial charge on any atom is 0.340 e. The Morgan fingerprint density at radius 2 is 1.74 bits per heavy atom. The van der Waals surface area contributed by atoms with Gasteiger partial charge in [0.05, 0.1) is 54.1 Å². The molecule has 0 saturated carbocycles. The standard InChI is InChI=1S/C23H27Cl2N3O6/c1-3-32-19-12-18(28-5-7-31-8-6-28)20(33-4-2)11-17(19)27-21(29)13-34-23(30)15-9-14(24)10-16(25)22(15)26/h9-12H,3-8,13,26H2,1-2H3,(H,27,29). The third kappa shape index (κ3) is 6.37. The Bertz CT molecular complexity index is 1040. The molecule has 3 rings (SSSR count). The van der Waals surface area contributed by atoms with E-state index in [4.69, 9.17) is 47.9 Å². The van der Waals surface area contributed by atoms with Gasteiger partial charge in [-0.15, -0.1) is 0 Å². The fourth-order valence-electron chi connectivity index (χ4n) is 3.39. The number of amides is 1. The lowest BCUT2D eigenvalue weighted by Crippen LogP contribution is -2.36. The lowest BCUT2D eigenvalue weighted by Gasteiger charge is -2.31. The molecular weight excluding hydrogens is 485 g/mol. The number of nitrogens with zero attached hydrogens (tertiary/aromatic N) is 1.